The quantitative estimate of drug-likeness (QED) is 0.365. The number of thioether (sulfide) groups is 1. The zero-order chi connectivity index (χ0) is 18.8. The van der Waals surface area contributed by atoms with Gasteiger partial charge in [-0.15, -0.1) is 10.2 Å². The van der Waals surface area contributed by atoms with Gasteiger partial charge in [0.25, 0.3) is 0 Å². The highest BCUT2D eigenvalue weighted by atomic mass is 35.7. The topological polar surface area (TPSA) is 96.1 Å². The second-order valence-corrected chi connectivity index (χ2v) is 7.82. The van der Waals surface area contributed by atoms with Crippen molar-refractivity contribution in [3.05, 3.63) is 30.6 Å². The number of pyridine rings is 1. The molecule has 0 aliphatic carbocycles. The van der Waals surface area contributed by atoms with Crippen molar-refractivity contribution in [3.63, 3.8) is 0 Å². The second-order valence-electron chi connectivity index (χ2n) is 5.99. The molecule has 0 saturated carbocycles. The van der Waals surface area contributed by atoms with Crippen LogP contribution in [0.3, 0.4) is 0 Å². The number of nitrogens with zero attached hydrogens (tertiary/aromatic N) is 1. The Balaban J connectivity index is 0.00000101. The van der Waals surface area contributed by atoms with Gasteiger partial charge in [-0.25, -0.2) is 18.6 Å². The first-order chi connectivity index (χ1) is 11.9. The van der Waals surface area contributed by atoms with Crippen LogP contribution >= 0.6 is 11.8 Å². The van der Waals surface area contributed by atoms with Crippen LogP contribution in [0.5, 0.6) is 0 Å². The predicted octanol–water partition coefficient (Wildman–Crippen LogP) is 0.830. The molecule has 146 valence electrons. The number of unbranched alkanes of at least 4 members (excludes halogenated alkanes) is 9. The summed E-state index contributed by atoms with van der Waals surface area (Å²) < 4.78 is 36.2. The first-order valence-corrected chi connectivity index (χ1v) is 11.5. The molecular weight excluding hydrogens is 362 g/mol. The molecule has 1 heterocycles. The van der Waals surface area contributed by atoms with Crippen molar-refractivity contribution in [3.8, 4) is 0 Å². The lowest BCUT2D eigenvalue weighted by Crippen LogP contribution is -2.68. The molecule has 0 amide bonds. The molecule has 0 bridgehead atoms. The fourth-order valence-electron chi connectivity index (χ4n) is 2.38. The van der Waals surface area contributed by atoms with Gasteiger partial charge in [-0.1, -0.05) is 82.5 Å². The van der Waals surface area contributed by atoms with Gasteiger partial charge < -0.3 is 0 Å². The van der Waals surface area contributed by atoms with Crippen molar-refractivity contribution >= 4 is 11.8 Å². The molecule has 0 fully saturated rings. The van der Waals surface area contributed by atoms with Gasteiger partial charge in [0.05, 0.1) is 0 Å². The molecule has 0 saturated heterocycles. The molecule has 1 rings (SSSR count). The van der Waals surface area contributed by atoms with E-state index in [9.17, 15) is 0 Å². The van der Waals surface area contributed by atoms with Crippen molar-refractivity contribution in [1.82, 2.24) is 0 Å². The Morgan fingerprint density at radius 1 is 0.720 bits per heavy atom. The van der Waals surface area contributed by atoms with Crippen molar-refractivity contribution in [1.29, 1.82) is 0 Å². The summed E-state index contributed by atoms with van der Waals surface area (Å²) >= 11 is 2.05. The number of hydrogen-bond donors (Lipinski definition) is 0. The van der Waals surface area contributed by atoms with E-state index >= 15 is 0 Å². The van der Waals surface area contributed by atoms with Crippen LogP contribution in [-0.2, 0) is 5.88 Å². The molecule has 0 aliphatic heterocycles. The molecule has 0 aliphatic rings. The Bertz CT molecular complexity index is 384. The summed E-state index contributed by atoms with van der Waals surface area (Å²) in [6, 6.07) is 6.27. The van der Waals surface area contributed by atoms with E-state index < -0.39 is 10.2 Å². The molecular formula is C18H32ClNO4S. The Labute approximate surface area is 158 Å². The first kappa shape index (κ1) is 24.6. The summed E-state index contributed by atoms with van der Waals surface area (Å²) in [6.07, 6.45) is 18.6. The van der Waals surface area contributed by atoms with Crippen LogP contribution in [0.4, 0.5) is 0 Å². The number of aromatic nitrogens is 1. The average molecular weight is 394 g/mol. The molecule has 7 heteroatoms. The lowest BCUT2D eigenvalue weighted by molar-refractivity contribution is -2.00. The molecule has 0 atom stereocenters. The molecule has 0 radical (unpaired) electrons. The SMILES string of the molecule is CCCCCCCCCCCCSC[n+]1ccccc1.[O-][Cl+3]([O-])([O-])[O-]. The van der Waals surface area contributed by atoms with Crippen LogP contribution in [0.1, 0.15) is 71.1 Å². The van der Waals surface area contributed by atoms with E-state index in [1.165, 1.54) is 70.0 Å². The zero-order valence-corrected chi connectivity index (χ0v) is 16.8. The highest BCUT2D eigenvalue weighted by molar-refractivity contribution is 7.98. The molecule has 5 nitrogen and oxygen atoms in total. The molecule has 0 spiro atoms. The third-order valence-electron chi connectivity index (χ3n) is 3.66. The van der Waals surface area contributed by atoms with Gasteiger partial charge in [0.2, 0.25) is 0 Å². The monoisotopic (exact) mass is 393 g/mol. The minimum absolute atomic E-state index is 1.10. The van der Waals surface area contributed by atoms with Gasteiger partial charge in [0.1, 0.15) is 0 Å². The van der Waals surface area contributed by atoms with E-state index in [0.717, 1.165) is 5.88 Å². The minimum Gasteiger partial charge on any atom is -0.222 e. The lowest BCUT2D eigenvalue weighted by atomic mass is 10.1. The maximum Gasteiger partial charge on any atom is 0.194 e. The van der Waals surface area contributed by atoms with Crippen LogP contribution in [0, 0.1) is 10.2 Å². The highest BCUT2D eigenvalue weighted by Crippen LogP contribution is 2.12. The molecule has 1 aromatic heterocycles. The number of halogens is 1. The Kier molecular flexibility index (Phi) is 16.8. The third kappa shape index (κ3) is 23.6. The maximum atomic E-state index is 8.49. The highest BCUT2D eigenvalue weighted by Gasteiger charge is 1.98. The Morgan fingerprint density at radius 3 is 1.64 bits per heavy atom. The normalized spacial score (nSPS) is 11.1. The molecule has 0 unspecified atom stereocenters. The third-order valence-corrected chi connectivity index (χ3v) is 4.72. The van der Waals surface area contributed by atoms with E-state index in [0.29, 0.717) is 0 Å². The fraction of sp³-hybridized carbons (Fsp3) is 0.722. The van der Waals surface area contributed by atoms with Crippen LogP contribution in [-0.4, -0.2) is 5.75 Å². The van der Waals surface area contributed by atoms with E-state index in [4.69, 9.17) is 18.6 Å². The molecule has 25 heavy (non-hydrogen) atoms. The minimum atomic E-state index is -4.94. The Morgan fingerprint density at radius 2 is 1.16 bits per heavy atom. The van der Waals surface area contributed by atoms with Crippen molar-refractivity contribution in [2.45, 2.75) is 77.0 Å². The zero-order valence-electron chi connectivity index (χ0n) is 15.2. The van der Waals surface area contributed by atoms with Gasteiger partial charge in [0.15, 0.2) is 18.3 Å². The van der Waals surface area contributed by atoms with Gasteiger partial charge in [-0.3, -0.25) is 0 Å². The summed E-state index contributed by atoms with van der Waals surface area (Å²) in [7, 11) is -4.94. The van der Waals surface area contributed by atoms with E-state index in [1.807, 2.05) is 11.8 Å². The average Bonchev–Trinajstić information content (AvgIpc) is 2.55. The fourth-order valence-corrected chi connectivity index (χ4v) is 3.30. The predicted molar refractivity (Wildman–Crippen MR) is 90.9 cm³/mol. The molecule has 0 aromatic carbocycles. The van der Waals surface area contributed by atoms with E-state index in [2.05, 4.69) is 42.1 Å². The van der Waals surface area contributed by atoms with Gasteiger partial charge in [-0.05, 0) is 12.2 Å². The summed E-state index contributed by atoms with van der Waals surface area (Å²) in [5.74, 6) is 2.40. The molecule has 0 N–H and O–H groups in total. The van der Waals surface area contributed by atoms with Crippen molar-refractivity contribution in [2.75, 3.05) is 5.75 Å². The van der Waals surface area contributed by atoms with E-state index in [1.54, 1.807) is 0 Å². The van der Waals surface area contributed by atoms with E-state index in [-0.39, 0.29) is 0 Å². The molecule has 1 aromatic rings. The van der Waals surface area contributed by atoms with Gasteiger partial charge in [-0.2, -0.15) is 4.57 Å². The van der Waals surface area contributed by atoms with Crippen LogP contribution in [0.2, 0.25) is 0 Å². The summed E-state index contributed by atoms with van der Waals surface area (Å²) in [6.45, 7) is 2.29. The number of hydrogen-bond acceptors (Lipinski definition) is 5. The number of rotatable bonds is 13. The van der Waals surface area contributed by atoms with Gasteiger partial charge in [0, 0.05) is 12.1 Å². The van der Waals surface area contributed by atoms with Crippen LogP contribution < -0.4 is 23.2 Å². The largest absolute Gasteiger partial charge is 0.222 e. The smallest absolute Gasteiger partial charge is 0.194 e. The summed E-state index contributed by atoms with van der Waals surface area (Å²) in [4.78, 5) is 0. The van der Waals surface area contributed by atoms with Crippen LogP contribution in [0.15, 0.2) is 30.6 Å². The second kappa shape index (κ2) is 17.1. The Hall–Kier alpha value is -0.370. The maximum absolute atomic E-state index is 8.49. The summed E-state index contributed by atoms with van der Waals surface area (Å²) in [5.41, 5.74) is 0. The summed E-state index contributed by atoms with van der Waals surface area (Å²) in [5, 5.41) is 0. The van der Waals surface area contributed by atoms with Crippen molar-refractivity contribution in [2.24, 2.45) is 0 Å². The lowest BCUT2D eigenvalue weighted by Gasteiger charge is -2.17. The standard InChI is InChI=1S/C18H32NS.ClHO4/c1-2-3-4-5-6-7-8-9-10-14-17-20-18-19-15-12-11-13-16-19;2-1(3,4)5/h11-13,15-16H,2-10,14,17-18H2,1H3;(H,2,3,4,5)/q+1;/p-1. The first-order valence-electron chi connectivity index (χ1n) is 9.07. The van der Waals surface area contributed by atoms with Gasteiger partial charge >= 0.3 is 0 Å². The van der Waals surface area contributed by atoms with Crippen molar-refractivity contribution < 1.29 is 33.4 Å². The van der Waals surface area contributed by atoms with Crippen LogP contribution in [0.25, 0.3) is 0 Å².